The molecule has 1 saturated heterocycles. The van der Waals surface area contributed by atoms with Crippen LogP contribution in [0.5, 0.6) is 5.75 Å². The van der Waals surface area contributed by atoms with Gasteiger partial charge in [0.25, 0.3) is 0 Å². The monoisotopic (exact) mass is 276 g/mol. The van der Waals surface area contributed by atoms with E-state index in [0.717, 1.165) is 30.6 Å². The summed E-state index contributed by atoms with van der Waals surface area (Å²) >= 11 is 0. The zero-order valence-corrected chi connectivity index (χ0v) is 12.6. The van der Waals surface area contributed by atoms with Crippen LogP contribution in [0.15, 0.2) is 24.3 Å². The summed E-state index contributed by atoms with van der Waals surface area (Å²) in [6.45, 7) is 4.74. The number of methoxy groups -OCH3 is 1. The second-order valence-electron chi connectivity index (χ2n) is 5.21. The van der Waals surface area contributed by atoms with Crippen LogP contribution in [-0.4, -0.2) is 30.5 Å². The van der Waals surface area contributed by atoms with E-state index in [2.05, 4.69) is 19.2 Å². The highest BCUT2D eigenvalue weighted by atomic mass is 16.5. The maximum absolute atomic E-state index is 12.2. The third kappa shape index (κ3) is 2.96. The van der Waals surface area contributed by atoms with Crippen molar-refractivity contribution >= 4 is 5.91 Å². The molecule has 4 heteroatoms. The van der Waals surface area contributed by atoms with Gasteiger partial charge in [0.15, 0.2) is 0 Å². The van der Waals surface area contributed by atoms with Crippen molar-refractivity contribution in [3.63, 3.8) is 0 Å². The average molecular weight is 276 g/mol. The summed E-state index contributed by atoms with van der Waals surface area (Å²) in [6.07, 6.45) is 3.13. The van der Waals surface area contributed by atoms with Crippen molar-refractivity contribution in [1.82, 2.24) is 10.2 Å². The molecule has 1 aromatic carbocycles. The van der Waals surface area contributed by atoms with Gasteiger partial charge < -0.3 is 9.64 Å². The predicted molar refractivity (Wildman–Crippen MR) is 79.6 cm³/mol. The van der Waals surface area contributed by atoms with Gasteiger partial charge >= 0.3 is 0 Å². The molecule has 0 aliphatic carbocycles. The first-order valence-electron chi connectivity index (χ1n) is 7.39. The number of amides is 1. The van der Waals surface area contributed by atoms with Crippen molar-refractivity contribution in [3.05, 3.63) is 29.8 Å². The van der Waals surface area contributed by atoms with Crippen LogP contribution in [-0.2, 0) is 4.79 Å². The highest BCUT2D eigenvalue weighted by Crippen LogP contribution is 2.28. The Balaban J connectivity index is 2.21. The molecule has 1 N–H and O–H groups in total. The number of benzene rings is 1. The molecule has 2 atom stereocenters. The quantitative estimate of drug-likeness (QED) is 0.868. The summed E-state index contributed by atoms with van der Waals surface area (Å²) in [4.78, 5) is 14.2. The zero-order chi connectivity index (χ0) is 14.5. The van der Waals surface area contributed by atoms with Crippen molar-refractivity contribution in [2.24, 2.45) is 0 Å². The van der Waals surface area contributed by atoms with Crippen molar-refractivity contribution in [2.75, 3.05) is 13.7 Å². The second-order valence-corrected chi connectivity index (χ2v) is 5.21. The Morgan fingerprint density at radius 2 is 2.05 bits per heavy atom. The van der Waals surface area contributed by atoms with Crippen LogP contribution in [0.1, 0.15) is 44.8 Å². The second kappa shape index (κ2) is 6.75. The Bertz CT molecular complexity index is 444. The molecule has 1 fully saturated rings. The Kier molecular flexibility index (Phi) is 5.01. The largest absolute Gasteiger partial charge is 0.497 e. The molecule has 1 amide bonds. The summed E-state index contributed by atoms with van der Waals surface area (Å²) < 4.78 is 5.19. The number of hydrogen-bond acceptors (Lipinski definition) is 3. The molecule has 1 aromatic rings. The number of ether oxygens (including phenoxy) is 1. The molecule has 1 aliphatic heterocycles. The van der Waals surface area contributed by atoms with Crippen LogP contribution in [0.4, 0.5) is 0 Å². The van der Waals surface area contributed by atoms with Gasteiger partial charge in [-0.2, -0.15) is 0 Å². The Hall–Kier alpha value is -1.55. The van der Waals surface area contributed by atoms with Crippen molar-refractivity contribution in [1.29, 1.82) is 0 Å². The first kappa shape index (κ1) is 14.9. The lowest BCUT2D eigenvalue weighted by molar-refractivity contribution is -0.130. The van der Waals surface area contributed by atoms with Crippen LogP contribution in [0.3, 0.4) is 0 Å². The summed E-state index contributed by atoms with van der Waals surface area (Å²) in [5.41, 5.74) is 1.12. The van der Waals surface area contributed by atoms with E-state index in [9.17, 15) is 4.79 Å². The molecular weight excluding hydrogens is 252 g/mol. The minimum absolute atomic E-state index is 0.00935. The number of carbonyl (C=O) groups excluding carboxylic acids is 1. The summed E-state index contributed by atoms with van der Waals surface area (Å²) in [6, 6.07) is 8.26. The van der Waals surface area contributed by atoms with E-state index in [4.69, 9.17) is 4.74 Å². The maximum atomic E-state index is 12.2. The topological polar surface area (TPSA) is 41.6 Å². The third-order valence-electron chi connectivity index (χ3n) is 3.93. The summed E-state index contributed by atoms with van der Waals surface area (Å²) in [7, 11) is 1.66. The Labute approximate surface area is 121 Å². The average Bonchev–Trinajstić information content (AvgIpc) is 2.86. The first-order chi connectivity index (χ1) is 9.71. The predicted octanol–water partition coefficient (Wildman–Crippen LogP) is 2.70. The number of rotatable bonds is 6. The van der Waals surface area contributed by atoms with E-state index < -0.39 is 0 Å². The fourth-order valence-electron chi connectivity index (χ4n) is 2.87. The molecule has 2 unspecified atom stereocenters. The number of nitrogens with one attached hydrogen (secondary N) is 1. The molecule has 4 nitrogen and oxygen atoms in total. The molecule has 0 saturated carbocycles. The molecule has 0 radical (unpaired) electrons. The van der Waals surface area contributed by atoms with Crippen LogP contribution in [0.25, 0.3) is 0 Å². The molecule has 20 heavy (non-hydrogen) atoms. The van der Waals surface area contributed by atoms with E-state index in [0.29, 0.717) is 12.6 Å². The standard InChI is InChI=1S/C16H24N2O2/c1-4-6-13(5-2)18-15(19)11-17-16(18)12-7-9-14(20-3)10-8-12/h7-10,13,16-17H,4-6,11H2,1-3H3. The minimum atomic E-state index is -0.00935. The normalized spacial score (nSPS) is 20.2. The highest BCUT2D eigenvalue weighted by Gasteiger charge is 2.35. The van der Waals surface area contributed by atoms with Crippen molar-refractivity contribution in [2.45, 2.75) is 45.3 Å². The highest BCUT2D eigenvalue weighted by molar-refractivity contribution is 5.81. The van der Waals surface area contributed by atoms with E-state index in [1.807, 2.05) is 29.2 Å². The van der Waals surface area contributed by atoms with Gasteiger partial charge in [0.05, 0.1) is 13.7 Å². The van der Waals surface area contributed by atoms with Gasteiger partial charge in [0.1, 0.15) is 11.9 Å². The summed E-state index contributed by atoms with van der Waals surface area (Å²) in [5.74, 6) is 1.04. The van der Waals surface area contributed by atoms with Gasteiger partial charge in [0, 0.05) is 6.04 Å². The molecule has 0 bridgehead atoms. The Morgan fingerprint density at radius 1 is 1.35 bits per heavy atom. The van der Waals surface area contributed by atoms with E-state index in [1.54, 1.807) is 7.11 Å². The van der Waals surface area contributed by atoms with Crippen LogP contribution in [0.2, 0.25) is 0 Å². The minimum Gasteiger partial charge on any atom is -0.497 e. The van der Waals surface area contributed by atoms with Crippen molar-refractivity contribution in [3.8, 4) is 5.75 Å². The molecule has 0 spiro atoms. The van der Waals surface area contributed by atoms with Crippen molar-refractivity contribution < 1.29 is 9.53 Å². The van der Waals surface area contributed by atoms with Gasteiger partial charge in [-0.15, -0.1) is 0 Å². The van der Waals surface area contributed by atoms with E-state index in [-0.39, 0.29) is 12.1 Å². The number of hydrogen-bond donors (Lipinski definition) is 1. The zero-order valence-electron chi connectivity index (χ0n) is 12.6. The van der Waals surface area contributed by atoms with Crippen LogP contribution >= 0.6 is 0 Å². The fraction of sp³-hybridized carbons (Fsp3) is 0.562. The SMILES string of the molecule is CCCC(CC)N1C(=O)CNC1c1ccc(OC)cc1. The van der Waals surface area contributed by atoms with E-state index >= 15 is 0 Å². The first-order valence-corrected chi connectivity index (χ1v) is 7.39. The smallest absolute Gasteiger partial charge is 0.238 e. The maximum Gasteiger partial charge on any atom is 0.238 e. The van der Waals surface area contributed by atoms with Crippen LogP contribution < -0.4 is 10.1 Å². The summed E-state index contributed by atoms with van der Waals surface area (Å²) in [5, 5.41) is 3.32. The lowest BCUT2D eigenvalue weighted by atomic mass is 10.0. The molecular formula is C16H24N2O2. The molecule has 2 rings (SSSR count). The number of carbonyl (C=O) groups is 1. The van der Waals surface area contributed by atoms with Gasteiger partial charge in [-0.25, -0.2) is 0 Å². The van der Waals surface area contributed by atoms with Gasteiger partial charge in [-0.3, -0.25) is 10.1 Å². The lowest BCUT2D eigenvalue weighted by Gasteiger charge is -2.32. The van der Waals surface area contributed by atoms with Gasteiger partial charge in [0.2, 0.25) is 5.91 Å². The number of nitrogens with zero attached hydrogens (tertiary/aromatic N) is 1. The molecule has 110 valence electrons. The molecule has 0 aromatic heterocycles. The molecule has 1 heterocycles. The van der Waals surface area contributed by atoms with Gasteiger partial charge in [-0.05, 0) is 30.5 Å². The lowest BCUT2D eigenvalue weighted by Crippen LogP contribution is -2.39. The van der Waals surface area contributed by atoms with Crippen LogP contribution in [0, 0.1) is 0 Å². The van der Waals surface area contributed by atoms with E-state index in [1.165, 1.54) is 0 Å². The third-order valence-corrected chi connectivity index (χ3v) is 3.93. The fourth-order valence-corrected chi connectivity index (χ4v) is 2.87. The Morgan fingerprint density at radius 3 is 2.60 bits per heavy atom. The molecule has 1 aliphatic rings. The van der Waals surface area contributed by atoms with Gasteiger partial charge in [-0.1, -0.05) is 32.4 Å².